The number of piperazine rings is 1. The maximum Gasteiger partial charge on any atom is 0.218 e. The van der Waals surface area contributed by atoms with Gasteiger partial charge in [-0.05, 0) is 6.92 Å². The zero-order chi connectivity index (χ0) is 13.9. The molecule has 0 N–H and O–H groups in total. The zero-order valence-electron chi connectivity index (χ0n) is 11.6. The number of ether oxygens (including phenoxy) is 1. The van der Waals surface area contributed by atoms with E-state index in [-0.39, 0.29) is 0 Å². The molecule has 6 nitrogen and oxygen atoms in total. The van der Waals surface area contributed by atoms with Gasteiger partial charge >= 0.3 is 0 Å². The van der Waals surface area contributed by atoms with Crippen LogP contribution < -0.4 is 14.5 Å². The second-order valence-corrected chi connectivity index (χ2v) is 5.86. The van der Waals surface area contributed by atoms with Crippen LogP contribution >= 0.6 is 11.3 Å². The van der Waals surface area contributed by atoms with E-state index >= 15 is 0 Å². The van der Waals surface area contributed by atoms with E-state index in [1.807, 2.05) is 12.3 Å². The summed E-state index contributed by atoms with van der Waals surface area (Å²) in [4.78, 5) is 18.6. The molecular weight excluding hydrogens is 274 g/mol. The van der Waals surface area contributed by atoms with Crippen LogP contribution in [0.25, 0.3) is 0 Å². The van der Waals surface area contributed by atoms with Crippen LogP contribution in [0.2, 0.25) is 0 Å². The van der Waals surface area contributed by atoms with Crippen LogP contribution in [0.1, 0.15) is 4.88 Å². The monoisotopic (exact) mass is 291 g/mol. The molecule has 0 bridgehead atoms. The van der Waals surface area contributed by atoms with E-state index in [0.717, 1.165) is 37.1 Å². The Labute approximate surface area is 122 Å². The third kappa shape index (κ3) is 2.67. The van der Waals surface area contributed by atoms with Gasteiger partial charge < -0.3 is 14.5 Å². The summed E-state index contributed by atoms with van der Waals surface area (Å²) in [5.41, 5.74) is 0. The normalized spacial score (nSPS) is 15.5. The molecule has 0 aliphatic carbocycles. The molecule has 1 saturated heterocycles. The summed E-state index contributed by atoms with van der Waals surface area (Å²) in [5.74, 6) is 1.53. The maximum absolute atomic E-state index is 5.14. The third-order valence-electron chi connectivity index (χ3n) is 3.32. The lowest BCUT2D eigenvalue weighted by Crippen LogP contribution is -2.46. The van der Waals surface area contributed by atoms with E-state index in [9.17, 15) is 0 Å². The van der Waals surface area contributed by atoms with E-state index in [1.165, 1.54) is 4.88 Å². The Bertz CT molecular complexity index is 580. The van der Waals surface area contributed by atoms with E-state index < -0.39 is 0 Å². The SMILES string of the molecule is COc1cc(N2CCN(c3ncc(C)s3)CC2)ncn1. The number of anilines is 2. The molecule has 0 unspecified atom stereocenters. The molecule has 0 atom stereocenters. The molecule has 3 rings (SSSR count). The first-order valence-corrected chi connectivity index (χ1v) is 7.36. The van der Waals surface area contributed by atoms with Gasteiger partial charge in [0.05, 0.1) is 7.11 Å². The summed E-state index contributed by atoms with van der Waals surface area (Å²) in [6, 6.07) is 1.88. The maximum atomic E-state index is 5.14. The van der Waals surface area contributed by atoms with E-state index in [2.05, 4.69) is 31.7 Å². The Morgan fingerprint density at radius 3 is 2.50 bits per heavy atom. The first kappa shape index (κ1) is 13.1. The lowest BCUT2D eigenvalue weighted by atomic mass is 10.3. The van der Waals surface area contributed by atoms with Crippen molar-refractivity contribution in [2.24, 2.45) is 0 Å². The van der Waals surface area contributed by atoms with Crippen molar-refractivity contribution in [3.8, 4) is 5.88 Å². The average Bonchev–Trinajstić information content (AvgIpc) is 2.94. The van der Waals surface area contributed by atoms with Gasteiger partial charge in [-0.15, -0.1) is 11.3 Å². The second kappa shape index (κ2) is 5.62. The molecule has 0 amide bonds. The number of methoxy groups -OCH3 is 1. The molecule has 106 valence electrons. The van der Waals surface area contributed by atoms with Crippen molar-refractivity contribution in [2.45, 2.75) is 6.92 Å². The highest BCUT2D eigenvalue weighted by molar-refractivity contribution is 7.15. The number of aromatic nitrogens is 3. The average molecular weight is 291 g/mol. The standard InChI is InChI=1S/C13H17N5OS/c1-10-8-14-13(20-10)18-5-3-17(4-6-18)11-7-12(19-2)16-9-15-11/h7-9H,3-6H2,1-2H3. The zero-order valence-corrected chi connectivity index (χ0v) is 12.4. The highest BCUT2D eigenvalue weighted by atomic mass is 32.1. The molecule has 0 radical (unpaired) electrons. The third-order valence-corrected chi connectivity index (χ3v) is 4.29. The molecule has 1 aliphatic rings. The van der Waals surface area contributed by atoms with Crippen molar-refractivity contribution in [1.82, 2.24) is 15.0 Å². The quantitative estimate of drug-likeness (QED) is 0.856. The number of hydrogen-bond donors (Lipinski definition) is 0. The highest BCUT2D eigenvalue weighted by Crippen LogP contribution is 2.24. The molecule has 3 heterocycles. The van der Waals surface area contributed by atoms with Gasteiger partial charge in [0.1, 0.15) is 12.1 Å². The fraction of sp³-hybridized carbons (Fsp3) is 0.462. The molecule has 0 spiro atoms. The van der Waals surface area contributed by atoms with Gasteiger partial charge in [-0.2, -0.15) is 0 Å². The Kier molecular flexibility index (Phi) is 3.68. The number of rotatable bonds is 3. The van der Waals surface area contributed by atoms with Gasteiger partial charge in [-0.3, -0.25) is 0 Å². The molecule has 20 heavy (non-hydrogen) atoms. The number of aryl methyl sites for hydroxylation is 1. The Balaban J connectivity index is 1.66. The predicted octanol–water partition coefficient (Wildman–Crippen LogP) is 1.58. The van der Waals surface area contributed by atoms with Crippen LogP contribution in [0.3, 0.4) is 0 Å². The second-order valence-electron chi connectivity index (χ2n) is 4.65. The summed E-state index contributed by atoms with van der Waals surface area (Å²) in [6.07, 6.45) is 3.48. The minimum Gasteiger partial charge on any atom is -0.481 e. The molecular formula is C13H17N5OS. The van der Waals surface area contributed by atoms with E-state index in [1.54, 1.807) is 24.8 Å². The molecule has 2 aromatic rings. The van der Waals surface area contributed by atoms with E-state index in [0.29, 0.717) is 5.88 Å². The van der Waals surface area contributed by atoms with Crippen molar-refractivity contribution < 1.29 is 4.74 Å². The van der Waals surface area contributed by atoms with Gasteiger partial charge in [0, 0.05) is 43.3 Å². The van der Waals surface area contributed by atoms with Crippen LogP contribution in [0.5, 0.6) is 5.88 Å². The topological polar surface area (TPSA) is 54.4 Å². The number of nitrogens with zero attached hydrogens (tertiary/aromatic N) is 5. The van der Waals surface area contributed by atoms with Crippen LogP contribution in [-0.4, -0.2) is 48.2 Å². The smallest absolute Gasteiger partial charge is 0.218 e. The highest BCUT2D eigenvalue weighted by Gasteiger charge is 2.20. The summed E-state index contributed by atoms with van der Waals surface area (Å²) in [7, 11) is 1.62. The summed E-state index contributed by atoms with van der Waals surface area (Å²) < 4.78 is 5.14. The van der Waals surface area contributed by atoms with Gasteiger partial charge in [0.15, 0.2) is 5.13 Å². The minimum atomic E-state index is 0.605. The van der Waals surface area contributed by atoms with Gasteiger partial charge in [-0.1, -0.05) is 0 Å². The van der Waals surface area contributed by atoms with Crippen molar-refractivity contribution >= 4 is 22.3 Å². The number of thiazole rings is 1. The first-order valence-electron chi connectivity index (χ1n) is 6.54. The molecule has 0 saturated carbocycles. The first-order chi connectivity index (χ1) is 9.76. The lowest BCUT2D eigenvalue weighted by molar-refractivity contribution is 0.396. The molecule has 7 heteroatoms. The summed E-state index contributed by atoms with van der Waals surface area (Å²) in [6.45, 7) is 5.86. The minimum absolute atomic E-state index is 0.605. The van der Waals surface area contributed by atoms with Gasteiger partial charge in [0.25, 0.3) is 0 Å². The largest absolute Gasteiger partial charge is 0.481 e. The molecule has 1 fully saturated rings. The van der Waals surface area contributed by atoms with Gasteiger partial charge in [-0.25, -0.2) is 15.0 Å². The van der Waals surface area contributed by atoms with Crippen LogP contribution in [0.15, 0.2) is 18.6 Å². The van der Waals surface area contributed by atoms with Gasteiger partial charge in [0.2, 0.25) is 5.88 Å². The van der Waals surface area contributed by atoms with Crippen molar-refractivity contribution in [3.05, 3.63) is 23.5 Å². The van der Waals surface area contributed by atoms with Crippen LogP contribution in [-0.2, 0) is 0 Å². The van der Waals surface area contributed by atoms with Crippen molar-refractivity contribution in [1.29, 1.82) is 0 Å². The predicted molar refractivity (Wildman–Crippen MR) is 79.9 cm³/mol. The fourth-order valence-electron chi connectivity index (χ4n) is 2.23. The summed E-state index contributed by atoms with van der Waals surface area (Å²) >= 11 is 1.75. The Morgan fingerprint density at radius 1 is 1.10 bits per heavy atom. The molecule has 0 aromatic carbocycles. The molecule has 2 aromatic heterocycles. The van der Waals surface area contributed by atoms with E-state index in [4.69, 9.17) is 4.74 Å². The lowest BCUT2D eigenvalue weighted by Gasteiger charge is -2.35. The van der Waals surface area contributed by atoms with Crippen LogP contribution in [0, 0.1) is 6.92 Å². The molecule has 1 aliphatic heterocycles. The Morgan fingerprint density at radius 2 is 1.85 bits per heavy atom. The van der Waals surface area contributed by atoms with Crippen LogP contribution in [0.4, 0.5) is 10.9 Å². The Hall–Kier alpha value is -1.89. The fourth-order valence-corrected chi connectivity index (χ4v) is 3.04. The van der Waals surface area contributed by atoms with Crippen molar-refractivity contribution in [2.75, 3.05) is 43.1 Å². The summed E-state index contributed by atoms with van der Waals surface area (Å²) in [5, 5.41) is 1.11. The van der Waals surface area contributed by atoms with Crippen molar-refractivity contribution in [3.63, 3.8) is 0 Å². The number of hydrogen-bond acceptors (Lipinski definition) is 7.